The van der Waals surface area contributed by atoms with Gasteiger partial charge in [0.05, 0.1) is 34.8 Å². The van der Waals surface area contributed by atoms with Crippen LogP contribution >= 0.6 is 0 Å². The number of hydrogen-bond acceptors (Lipinski definition) is 8. The number of hydrogen-bond donors (Lipinski definition) is 5. The second-order valence-corrected chi connectivity index (χ2v) is 8.84. The SMILES string of the molecule is CCn1nc(C)c2c(NC3CCC(C(=O)O)CC3)c(C3=CC(CC(N)=O)(C(N)=O)ON3)cnc21. The van der Waals surface area contributed by atoms with E-state index in [1.54, 1.807) is 10.9 Å². The molecule has 34 heavy (non-hydrogen) atoms. The number of fused-ring (bicyclic) bond motifs is 1. The number of amides is 2. The largest absolute Gasteiger partial charge is 0.481 e. The summed E-state index contributed by atoms with van der Waals surface area (Å²) in [5, 5.41) is 18.3. The van der Waals surface area contributed by atoms with Crippen molar-refractivity contribution in [3.63, 3.8) is 0 Å². The number of anilines is 1. The molecule has 1 aliphatic carbocycles. The van der Waals surface area contributed by atoms with Crippen LogP contribution in [0, 0.1) is 12.8 Å². The molecule has 2 aromatic rings. The molecule has 1 saturated carbocycles. The molecular weight excluding hydrogens is 442 g/mol. The lowest BCUT2D eigenvalue weighted by Gasteiger charge is -2.28. The molecular formula is C22H29N7O5. The Bertz CT molecular complexity index is 1180. The smallest absolute Gasteiger partial charge is 0.306 e. The van der Waals surface area contributed by atoms with Gasteiger partial charge in [0.1, 0.15) is 0 Å². The van der Waals surface area contributed by atoms with Gasteiger partial charge in [-0.25, -0.2) is 9.67 Å². The maximum Gasteiger partial charge on any atom is 0.306 e. The lowest BCUT2D eigenvalue weighted by Crippen LogP contribution is -2.46. The van der Waals surface area contributed by atoms with E-state index in [9.17, 15) is 19.5 Å². The van der Waals surface area contributed by atoms with E-state index < -0.39 is 29.8 Å². The first-order valence-electron chi connectivity index (χ1n) is 11.3. The maximum atomic E-state index is 12.1. The minimum absolute atomic E-state index is 0.0405. The number of nitrogens with one attached hydrogen (secondary N) is 2. The summed E-state index contributed by atoms with van der Waals surface area (Å²) in [7, 11) is 0. The zero-order chi connectivity index (χ0) is 24.6. The second-order valence-electron chi connectivity index (χ2n) is 8.84. The molecule has 1 aliphatic heterocycles. The highest BCUT2D eigenvalue weighted by molar-refractivity contribution is 6.00. The van der Waals surface area contributed by atoms with Crippen molar-refractivity contribution in [3.05, 3.63) is 23.5 Å². The topological polar surface area (TPSA) is 187 Å². The zero-order valence-electron chi connectivity index (χ0n) is 19.1. The average Bonchev–Trinajstić information content (AvgIpc) is 3.36. The molecule has 3 heterocycles. The fraction of sp³-hybridized carbons (Fsp3) is 0.500. The quantitative estimate of drug-likeness (QED) is 0.371. The molecule has 0 saturated heterocycles. The van der Waals surface area contributed by atoms with Gasteiger partial charge in [-0.1, -0.05) is 0 Å². The van der Waals surface area contributed by atoms with E-state index in [-0.39, 0.29) is 12.0 Å². The van der Waals surface area contributed by atoms with Gasteiger partial charge in [0.2, 0.25) is 11.5 Å². The number of aromatic nitrogens is 3. The number of primary amides is 2. The number of rotatable bonds is 8. The lowest BCUT2D eigenvalue weighted by molar-refractivity contribution is -0.145. The fourth-order valence-corrected chi connectivity index (χ4v) is 4.71. The van der Waals surface area contributed by atoms with Crippen molar-refractivity contribution < 1.29 is 24.3 Å². The van der Waals surface area contributed by atoms with Crippen LogP contribution in [0.5, 0.6) is 0 Å². The molecule has 12 nitrogen and oxygen atoms in total. The normalized spacial score (nSPS) is 24.5. The predicted molar refractivity (Wildman–Crippen MR) is 123 cm³/mol. The highest BCUT2D eigenvalue weighted by Crippen LogP contribution is 2.38. The lowest BCUT2D eigenvalue weighted by atomic mass is 9.86. The summed E-state index contributed by atoms with van der Waals surface area (Å²) < 4.78 is 1.80. The highest BCUT2D eigenvalue weighted by atomic mass is 16.7. The summed E-state index contributed by atoms with van der Waals surface area (Å²) in [6, 6.07) is 0.0405. The van der Waals surface area contributed by atoms with E-state index in [1.165, 1.54) is 6.08 Å². The van der Waals surface area contributed by atoms with E-state index in [0.717, 1.165) is 16.8 Å². The third kappa shape index (κ3) is 4.16. The van der Waals surface area contributed by atoms with Gasteiger partial charge < -0.3 is 21.9 Å². The number of pyridine rings is 1. The first kappa shape index (κ1) is 23.5. The number of carbonyl (C=O) groups is 3. The van der Waals surface area contributed by atoms with E-state index in [2.05, 4.69) is 20.9 Å². The van der Waals surface area contributed by atoms with Crippen LogP contribution in [0.2, 0.25) is 0 Å². The van der Waals surface area contributed by atoms with Crippen molar-refractivity contribution in [2.75, 3.05) is 5.32 Å². The molecule has 182 valence electrons. The third-order valence-corrected chi connectivity index (χ3v) is 6.53. The number of carboxylic acid groups (broad SMARTS) is 1. The number of nitrogens with zero attached hydrogens (tertiary/aromatic N) is 3. The Labute approximate surface area is 195 Å². The van der Waals surface area contributed by atoms with E-state index in [4.69, 9.17) is 16.3 Å². The van der Waals surface area contributed by atoms with Crippen LogP contribution in [-0.2, 0) is 25.8 Å². The summed E-state index contributed by atoms with van der Waals surface area (Å²) in [5.41, 5.74) is 15.1. The maximum absolute atomic E-state index is 12.1. The predicted octanol–water partition coefficient (Wildman–Crippen LogP) is 0.790. The summed E-state index contributed by atoms with van der Waals surface area (Å²) >= 11 is 0. The van der Waals surface area contributed by atoms with E-state index >= 15 is 0 Å². The summed E-state index contributed by atoms with van der Waals surface area (Å²) in [6.07, 6.45) is 5.23. The molecule has 2 amide bonds. The molecule has 0 spiro atoms. The molecule has 12 heteroatoms. The Morgan fingerprint density at radius 2 is 2.00 bits per heavy atom. The fourth-order valence-electron chi connectivity index (χ4n) is 4.71. The first-order chi connectivity index (χ1) is 16.1. The standard InChI is InChI=1S/C22H29N7O5/c1-3-29-19-17(11(2)27-29)18(26-13-6-4-12(5-7-13)20(31)32)14(10-25-19)15-8-22(21(24)33,34-28-15)9-16(23)30/h8,10,12-13,28H,3-7,9H2,1-2H3,(H2,23,30)(H2,24,33)(H,25,26)(H,31,32). The Kier molecular flexibility index (Phi) is 6.17. The van der Waals surface area contributed by atoms with E-state index in [0.29, 0.717) is 49.1 Å². The summed E-state index contributed by atoms with van der Waals surface area (Å²) in [6.45, 7) is 4.50. The van der Waals surface area contributed by atoms with Crippen LogP contribution < -0.4 is 22.3 Å². The molecule has 2 aliphatic rings. The molecule has 1 fully saturated rings. The number of hydroxylamine groups is 1. The Balaban J connectivity index is 1.78. The summed E-state index contributed by atoms with van der Waals surface area (Å²) in [5.74, 6) is -2.68. The van der Waals surface area contributed by atoms with Gasteiger partial charge in [-0.15, -0.1) is 0 Å². The highest BCUT2D eigenvalue weighted by Gasteiger charge is 2.43. The van der Waals surface area contributed by atoms with Crippen LogP contribution in [0.15, 0.2) is 12.3 Å². The van der Waals surface area contributed by atoms with Crippen molar-refractivity contribution in [2.24, 2.45) is 17.4 Å². The molecule has 1 atom stereocenters. The van der Waals surface area contributed by atoms with Crippen molar-refractivity contribution >= 4 is 40.2 Å². The van der Waals surface area contributed by atoms with Gasteiger partial charge in [-0.05, 0) is 45.6 Å². The molecule has 2 aromatic heterocycles. The van der Waals surface area contributed by atoms with Gasteiger partial charge in [-0.2, -0.15) is 5.10 Å². The molecule has 0 aromatic carbocycles. The third-order valence-electron chi connectivity index (χ3n) is 6.53. The molecule has 0 radical (unpaired) electrons. The van der Waals surface area contributed by atoms with Gasteiger partial charge in [0.25, 0.3) is 5.91 Å². The van der Waals surface area contributed by atoms with Crippen molar-refractivity contribution in [1.82, 2.24) is 20.2 Å². The van der Waals surface area contributed by atoms with Gasteiger partial charge in [0.15, 0.2) is 5.65 Å². The Hall–Kier alpha value is -3.67. The number of nitrogens with two attached hydrogens (primary N) is 2. The Morgan fingerprint density at radius 1 is 1.29 bits per heavy atom. The number of carbonyl (C=O) groups excluding carboxylic acids is 2. The average molecular weight is 472 g/mol. The van der Waals surface area contributed by atoms with Crippen molar-refractivity contribution in [2.45, 2.75) is 64.1 Å². The summed E-state index contributed by atoms with van der Waals surface area (Å²) in [4.78, 5) is 45.1. The van der Waals surface area contributed by atoms with Crippen LogP contribution in [0.1, 0.15) is 50.3 Å². The van der Waals surface area contributed by atoms with Crippen molar-refractivity contribution in [1.29, 1.82) is 0 Å². The van der Waals surface area contributed by atoms with Crippen LogP contribution in [-0.4, -0.2) is 49.3 Å². The minimum atomic E-state index is -1.71. The van der Waals surface area contributed by atoms with Gasteiger partial charge in [0, 0.05) is 24.3 Å². The van der Waals surface area contributed by atoms with Crippen LogP contribution in [0.3, 0.4) is 0 Å². The van der Waals surface area contributed by atoms with Gasteiger partial charge in [-0.3, -0.25) is 24.7 Å². The Morgan fingerprint density at radius 3 is 2.59 bits per heavy atom. The molecule has 4 rings (SSSR count). The molecule has 7 N–H and O–H groups in total. The van der Waals surface area contributed by atoms with E-state index in [1.807, 2.05) is 13.8 Å². The monoisotopic (exact) mass is 471 g/mol. The number of aliphatic carboxylic acids is 1. The van der Waals surface area contributed by atoms with Crippen LogP contribution in [0.4, 0.5) is 5.69 Å². The molecule has 0 bridgehead atoms. The van der Waals surface area contributed by atoms with Crippen molar-refractivity contribution in [3.8, 4) is 0 Å². The van der Waals surface area contributed by atoms with Crippen LogP contribution in [0.25, 0.3) is 16.7 Å². The van der Waals surface area contributed by atoms with Gasteiger partial charge >= 0.3 is 5.97 Å². The first-order valence-corrected chi connectivity index (χ1v) is 11.3. The molecule has 1 unspecified atom stereocenters. The number of aryl methyl sites for hydroxylation is 2. The number of carboxylic acids is 1. The zero-order valence-corrected chi connectivity index (χ0v) is 19.1. The minimum Gasteiger partial charge on any atom is -0.481 e. The second kappa shape index (κ2) is 8.93.